The molecule has 0 radical (unpaired) electrons. The van der Waals surface area contributed by atoms with Crippen LogP contribution in [0.1, 0.15) is 50.4 Å². The smallest absolute Gasteiger partial charge is 0.394 e. The molecule has 0 spiro atoms. The van der Waals surface area contributed by atoms with Crippen LogP contribution in [0.25, 0.3) is 0 Å². The van der Waals surface area contributed by atoms with Gasteiger partial charge in [0.15, 0.2) is 0 Å². The van der Waals surface area contributed by atoms with Gasteiger partial charge in [0.1, 0.15) is 22.8 Å². The highest BCUT2D eigenvalue weighted by atomic mass is 35.5. The first-order valence-corrected chi connectivity index (χ1v) is 9.60. The maximum atomic E-state index is 13.0. The van der Waals surface area contributed by atoms with E-state index in [4.69, 9.17) is 21.1 Å². The third-order valence-electron chi connectivity index (χ3n) is 4.71. The van der Waals surface area contributed by atoms with Crippen molar-refractivity contribution in [1.82, 2.24) is 10.4 Å². The van der Waals surface area contributed by atoms with Crippen molar-refractivity contribution < 1.29 is 27.4 Å². The summed E-state index contributed by atoms with van der Waals surface area (Å²) < 4.78 is 49.6. The molecule has 2 heterocycles. The quantitative estimate of drug-likeness (QED) is 0.522. The normalized spacial score (nSPS) is 20.8. The molecule has 2 aliphatic rings. The van der Waals surface area contributed by atoms with Gasteiger partial charge < -0.3 is 9.47 Å². The van der Waals surface area contributed by atoms with Crippen LogP contribution in [0.2, 0.25) is 5.15 Å². The fourth-order valence-corrected chi connectivity index (χ4v) is 3.10. The Balaban J connectivity index is 1.53. The van der Waals surface area contributed by atoms with Crippen LogP contribution in [0, 0.1) is 5.41 Å². The molecule has 0 bridgehead atoms. The molecule has 0 amide bonds. The molecule has 1 aliphatic heterocycles. The van der Waals surface area contributed by atoms with Crippen molar-refractivity contribution >= 4 is 23.4 Å². The van der Waals surface area contributed by atoms with Gasteiger partial charge in [-0.15, -0.1) is 0 Å². The van der Waals surface area contributed by atoms with Crippen LogP contribution >= 0.6 is 11.6 Å². The van der Waals surface area contributed by atoms with Gasteiger partial charge in [0.2, 0.25) is 0 Å². The summed E-state index contributed by atoms with van der Waals surface area (Å²) >= 11 is 6.12. The maximum Gasteiger partial charge on any atom is 0.394 e. The Morgan fingerprint density at radius 1 is 1.34 bits per heavy atom. The molecule has 29 heavy (non-hydrogen) atoms. The maximum absolute atomic E-state index is 13.0. The van der Waals surface area contributed by atoms with Crippen LogP contribution < -0.4 is 10.4 Å². The summed E-state index contributed by atoms with van der Waals surface area (Å²) in [5.74, 6) is -0.176. The van der Waals surface area contributed by atoms with Crippen molar-refractivity contribution in [2.75, 3.05) is 11.6 Å². The lowest BCUT2D eigenvalue weighted by atomic mass is 10.0. The van der Waals surface area contributed by atoms with E-state index in [2.05, 4.69) is 10.4 Å². The number of alkyl halides is 3. The molecule has 0 saturated heterocycles. The lowest BCUT2D eigenvalue weighted by Crippen LogP contribution is -2.38. The third-order valence-corrected chi connectivity index (χ3v) is 5.00. The highest BCUT2D eigenvalue weighted by Crippen LogP contribution is 2.59. The van der Waals surface area contributed by atoms with E-state index in [9.17, 15) is 18.0 Å². The lowest BCUT2D eigenvalue weighted by molar-refractivity contribution is -0.192. The predicted molar refractivity (Wildman–Crippen MR) is 101 cm³/mol. The summed E-state index contributed by atoms with van der Waals surface area (Å²) in [6, 6.07) is 3.08. The molecular formula is C19H23ClF3N3O3. The number of carbonyl (C=O) groups excluding carboxylic acids is 1. The lowest BCUT2D eigenvalue weighted by Gasteiger charge is -2.22. The molecule has 10 heteroatoms. The average Bonchev–Trinajstić information content (AvgIpc) is 3.23. The number of hydrogen-bond donors (Lipinski definition) is 1. The van der Waals surface area contributed by atoms with E-state index in [0.29, 0.717) is 5.82 Å². The second kappa shape index (κ2) is 7.77. The molecule has 1 saturated carbocycles. The topological polar surface area (TPSA) is 63.7 Å². The number of nitrogens with one attached hydrogen (secondary N) is 1. The molecule has 160 valence electrons. The number of hydrogen-bond acceptors (Lipinski definition) is 6. The third kappa shape index (κ3) is 5.21. The monoisotopic (exact) mass is 433 g/mol. The minimum Gasteiger partial charge on any atom is -0.456 e. The van der Waals surface area contributed by atoms with Gasteiger partial charge in [-0.3, -0.25) is 5.01 Å². The van der Waals surface area contributed by atoms with Crippen molar-refractivity contribution in [3.05, 3.63) is 35.1 Å². The molecule has 3 rings (SSSR count). The number of hydrazine groups is 1. The minimum absolute atomic E-state index is 0.0128. The number of ether oxygens (including phenoxy) is 2. The Hall–Kier alpha value is -1.84. The van der Waals surface area contributed by atoms with Crippen LogP contribution in [0.4, 0.5) is 19.0 Å². The zero-order valence-electron chi connectivity index (χ0n) is 16.3. The van der Waals surface area contributed by atoms with Crippen molar-refractivity contribution in [3.8, 4) is 0 Å². The fraction of sp³-hybridized carbons (Fsp3) is 0.579. The number of halogens is 4. The van der Waals surface area contributed by atoms with Gasteiger partial charge in [-0.2, -0.15) is 18.6 Å². The number of pyridine rings is 1. The van der Waals surface area contributed by atoms with Crippen LogP contribution in [0.3, 0.4) is 0 Å². The zero-order valence-corrected chi connectivity index (χ0v) is 17.1. The van der Waals surface area contributed by atoms with Crippen molar-refractivity contribution in [2.24, 2.45) is 5.41 Å². The Morgan fingerprint density at radius 3 is 2.59 bits per heavy atom. The number of esters is 1. The van der Waals surface area contributed by atoms with Gasteiger partial charge in [-0.05, 0) is 58.2 Å². The summed E-state index contributed by atoms with van der Waals surface area (Å²) in [6.45, 7) is 5.24. The number of anilines is 1. The van der Waals surface area contributed by atoms with Crippen LogP contribution in [0.15, 0.2) is 24.4 Å². The molecule has 0 aromatic carbocycles. The molecular weight excluding hydrogens is 411 g/mol. The molecule has 1 N–H and O–H groups in total. The molecule has 1 aliphatic carbocycles. The van der Waals surface area contributed by atoms with Crippen LogP contribution in [-0.4, -0.2) is 35.6 Å². The second-order valence-electron chi connectivity index (χ2n) is 8.17. The molecule has 1 unspecified atom stereocenters. The van der Waals surface area contributed by atoms with Gasteiger partial charge in [-0.1, -0.05) is 11.6 Å². The standard InChI is InChI=1S/C19H23ClF3N3O3/c1-17(2,3)29-16(27)12-4-5-13(24-15(12)20)26-10-6-14(25-26)28-11-9-18(7-8-18)19(21,22)23/h4-6,10,14,25H,7-9,11H2,1-3H3. The van der Waals surface area contributed by atoms with E-state index in [-0.39, 0.29) is 36.6 Å². The first kappa shape index (κ1) is 21.9. The Labute approximate surface area is 172 Å². The largest absolute Gasteiger partial charge is 0.456 e. The molecule has 1 atom stereocenters. The van der Waals surface area contributed by atoms with Gasteiger partial charge in [0.25, 0.3) is 0 Å². The van der Waals surface area contributed by atoms with E-state index in [1.54, 1.807) is 39.1 Å². The van der Waals surface area contributed by atoms with Crippen LogP contribution in [-0.2, 0) is 9.47 Å². The van der Waals surface area contributed by atoms with Crippen molar-refractivity contribution in [1.29, 1.82) is 0 Å². The first-order valence-electron chi connectivity index (χ1n) is 9.22. The van der Waals surface area contributed by atoms with Crippen LogP contribution in [0.5, 0.6) is 0 Å². The highest BCUT2D eigenvalue weighted by Gasteiger charge is 2.62. The van der Waals surface area contributed by atoms with Crippen molar-refractivity contribution in [2.45, 2.75) is 58.0 Å². The van der Waals surface area contributed by atoms with E-state index in [1.165, 1.54) is 11.1 Å². The van der Waals surface area contributed by atoms with Gasteiger partial charge in [0.05, 0.1) is 11.0 Å². The summed E-state index contributed by atoms with van der Waals surface area (Å²) in [5, 5.41) is 1.50. The minimum atomic E-state index is -4.18. The summed E-state index contributed by atoms with van der Waals surface area (Å²) in [6.07, 6.45) is -1.21. The summed E-state index contributed by atoms with van der Waals surface area (Å²) in [7, 11) is 0. The summed E-state index contributed by atoms with van der Waals surface area (Å²) in [4.78, 5) is 16.3. The Morgan fingerprint density at radius 2 is 2.03 bits per heavy atom. The first-order chi connectivity index (χ1) is 13.4. The number of rotatable bonds is 6. The number of carbonyl (C=O) groups is 1. The molecule has 6 nitrogen and oxygen atoms in total. The Kier molecular flexibility index (Phi) is 5.86. The Bertz CT molecular complexity index is 804. The summed E-state index contributed by atoms with van der Waals surface area (Å²) in [5.41, 5.74) is 0.850. The molecule has 1 aromatic heterocycles. The van der Waals surface area contributed by atoms with Gasteiger partial charge in [-0.25, -0.2) is 9.78 Å². The van der Waals surface area contributed by atoms with Gasteiger partial charge >= 0.3 is 12.1 Å². The van der Waals surface area contributed by atoms with E-state index < -0.39 is 29.4 Å². The van der Waals surface area contributed by atoms with E-state index in [0.717, 1.165) is 0 Å². The molecule has 1 aromatic rings. The SMILES string of the molecule is CC(C)(C)OC(=O)c1ccc(N2C=CC(OCCC3(C(F)(F)F)CC3)N2)nc1Cl. The second-order valence-corrected chi connectivity index (χ2v) is 8.53. The van der Waals surface area contributed by atoms with E-state index >= 15 is 0 Å². The number of aromatic nitrogens is 1. The fourth-order valence-electron chi connectivity index (χ4n) is 2.87. The predicted octanol–water partition coefficient (Wildman–Crippen LogP) is 4.60. The average molecular weight is 434 g/mol. The van der Waals surface area contributed by atoms with E-state index in [1.807, 2.05) is 0 Å². The molecule has 1 fully saturated rings. The highest BCUT2D eigenvalue weighted by molar-refractivity contribution is 6.32. The zero-order chi connectivity index (χ0) is 21.4. The van der Waals surface area contributed by atoms with Gasteiger partial charge in [0, 0.05) is 12.8 Å². The number of nitrogens with zero attached hydrogens (tertiary/aromatic N) is 2. The van der Waals surface area contributed by atoms with Crippen molar-refractivity contribution in [3.63, 3.8) is 0 Å².